The summed E-state index contributed by atoms with van der Waals surface area (Å²) in [5, 5.41) is 14.6. The highest BCUT2D eigenvalue weighted by molar-refractivity contribution is 7.99. The summed E-state index contributed by atoms with van der Waals surface area (Å²) in [7, 11) is 0. The van der Waals surface area contributed by atoms with Crippen LogP contribution in [0, 0.1) is 11.8 Å². The van der Waals surface area contributed by atoms with Gasteiger partial charge in [-0.3, -0.25) is 19.7 Å². The Morgan fingerprint density at radius 1 is 0.833 bits per heavy atom. The molecule has 6 saturated heterocycles. The molecule has 6 fully saturated rings. The first-order valence-corrected chi connectivity index (χ1v) is 14.1. The van der Waals surface area contributed by atoms with Gasteiger partial charge in [-0.15, -0.1) is 0 Å². The maximum Gasteiger partial charge on any atom is 0.340 e. The quantitative estimate of drug-likeness (QED) is 0.360. The van der Waals surface area contributed by atoms with Crippen molar-refractivity contribution in [2.24, 2.45) is 11.8 Å². The van der Waals surface area contributed by atoms with Crippen molar-refractivity contribution in [3.63, 3.8) is 0 Å². The van der Waals surface area contributed by atoms with Crippen molar-refractivity contribution in [1.82, 2.24) is 36.2 Å². The standard InChI is InChI=1S/C23H33N7O5S/c31-17-12-23(13-25-17)18(32)29(20(34)26-23)16-11-22(5-6-24-16)19(33)30(21(35)27-22)28-7-1-14-3-9-36-10-4-15(14)2-8-28/h14-16,24H,1-13H2,(H,25,31)(H,26,34)(H,27,35). The summed E-state index contributed by atoms with van der Waals surface area (Å²) in [6.07, 6.45) is 3.90. The molecular formula is C23H33N7O5S. The maximum atomic E-state index is 13.8. The van der Waals surface area contributed by atoms with Gasteiger partial charge in [0.1, 0.15) is 11.1 Å². The molecule has 12 nitrogen and oxygen atoms in total. The molecule has 6 heterocycles. The predicted molar refractivity (Wildman–Crippen MR) is 129 cm³/mol. The minimum atomic E-state index is -1.28. The molecule has 0 aromatic carbocycles. The average molecular weight is 520 g/mol. The van der Waals surface area contributed by atoms with Crippen molar-refractivity contribution < 1.29 is 24.0 Å². The first-order valence-electron chi connectivity index (χ1n) is 13.0. The van der Waals surface area contributed by atoms with Crippen LogP contribution in [0.5, 0.6) is 0 Å². The monoisotopic (exact) mass is 519 g/mol. The molecule has 0 aromatic heterocycles. The molecule has 0 radical (unpaired) electrons. The smallest absolute Gasteiger partial charge is 0.340 e. The highest BCUT2D eigenvalue weighted by Gasteiger charge is 2.61. The molecular weight excluding hydrogens is 486 g/mol. The van der Waals surface area contributed by atoms with Crippen molar-refractivity contribution in [2.45, 2.75) is 62.2 Å². The maximum absolute atomic E-state index is 13.8. The molecule has 2 spiro atoms. The van der Waals surface area contributed by atoms with Crippen LogP contribution in [0.1, 0.15) is 44.9 Å². The van der Waals surface area contributed by atoms with Gasteiger partial charge in [0.2, 0.25) is 5.91 Å². The Labute approximate surface area is 213 Å². The summed E-state index contributed by atoms with van der Waals surface area (Å²) in [6, 6.07) is -1.03. The lowest BCUT2D eigenvalue weighted by molar-refractivity contribution is -0.146. The van der Waals surface area contributed by atoms with Crippen LogP contribution in [0.3, 0.4) is 0 Å². The SMILES string of the molecule is O=C1CC2(CN1)NC(=O)N(C1CC3(CCN1)NC(=O)N(N1CCC4CCSCCC4CC1)C3=O)C2=O. The first kappa shape index (κ1) is 24.0. The van der Waals surface area contributed by atoms with E-state index in [9.17, 15) is 24.0 Å². The molecule has 196 valence electrons. The number of imide groups is 2. The molecule has 7 amide bonds. The number of hydrogen-bond acceptors (Lipinski definition) is 8. The second kappa shape index (κ2) is 8.88. The van der Waals surface area contributed by atoms with E-state index in [0.717, 1.165) is 17.7 Å². The Hall–Kier alpha value is -2.38. The van der Waals surface area contributed by atoms with Gasteiger partial charge >= 0.3 is 12.1 Å². The third-order valence-electron chi connectivity index (χ3n) is 8.90. The number of thioether (sulfide) groups is 1. The van der Waals surface area contributed by atoms with Crippen molar-refractivity contribution in [3.8, 4) is 0 Å². The summed E-state index contributed by atoms with van der Waals surface area (Å²) in [5.41, 5.74) is -2.46. The number of nitrogens with zero attached hydrogens (tertiary/aromatic N) is 3. The molecule has 6 aliphatic heterocycles. The summed E-state index contributed by atoms with van der Waals surface area (Å²) in [4.78, 5) is 65.9. The molecule has 5 atom stereocenters. The number of rotatable bonds is 2. The Kier molecular flexibility index (Phi) is 5.91. The summed E-state index contributed by atoms with van der Waals surface area (Å²) in [5.74, 6) is 2.53. The van der Waals surface area contributed by atoms with Gasteiger partial charge in [-0.25, -0.2) is 19.5 Å². The largest absolute Gasteiger partial charge is 0.353 e. The normalized spacial score (nSPS) is 39.8. The van der Waals surface area contributed by atoms with Crippen LogP contribution in [0.15, 0.2) is 0 Å². The van der Waals surface area contributed by atoms with Crippen molar-refractivity contribution in [1.29, 1.82) is 0 Å². The molecule has 5 unspecified atom stereocenters. The number of urea groups is 2. The average Bonchev–Trinajstić information content (AvgIpc) is 3.23. The van der Waals surface area contributed by atoms with Gasteiger partial charge in [-0.05, 0) is 62.0 Å². The number of carbonyl (C=O) groups is 5. The molecule has 36 heavy (non-hydrogen) atoms. The van der Waals surface area contributed by atoms with Crippen molar-refractivity contribution >= 4 is 41.5 Å². The van der Waals surface area contributed by atoms with Crippen LogP contribution in [0.4, 0.5) is 9.59 Å². The fourth-order valence-corrected chi connectivity index (χ4v) is 8.01. The summed E-state index contributed by atoms with van der Waals surface area (Å²) in [6.45, 7) is 1.73. The summed E-state index contributed by atoms with van der Waals surface area (Å²) < 4.78 is 0. The molecule has 0 aliphatic carbocycles. The number of piperidine rings is 1. The van der Waals surface area contributed by atoms with E-state index in [1.165, 1.54) is 29.4 Å². The molecule has 6 rings (SSSR count). The van der Waals surface area contributed by atoms with Crippen molar-refractivity contribution in [3.05, 3.63) is 0 Å². The topological polar surface area (TPSA) is 143 Å². The minimum absolute atomic E-state index is 0.0455. The van der Waals surface area contributed by atoms with Gasteiger partial charge in [0.15, 0.2) is 0 Å². The molecule has 4 N–H and O–H groups in total. The fraction of sp³-hybridized carbons (Fsp3) is 0.783. The van der Waals surface area contributed by atoms with Crippen LogP contribution < -0.4 is 21.3 Å². The Morgan fingerprint density at radius 3 is 2.19 bits per heavy atom. The molecule has 13 heteroatoms. The van der Waals surface area contributed by atoms with Crippen LogP contribution in [-0.4, -0.2) is 99.6 Å². The number of carbonyl (C=O) groups excluding carboxylic acids is 5. The third kappa shape index (κ3) is 3.77. The van der Waals surface area contributed by atoms with Gasteiger partial charge in [-0.2, -0.15) is 16.8 Å². The van der Waals surface area contributed by atoms with Gasteiger partial charge in [0.05, 0.1) is 19.1 Å². The van der Waals surface area contributed by atoms with Crippen molar-refractivity contribution in [2.75, 3.05) is 37.7 Å². The summed E-state index contributed by atoms with van der Waals surface area (Å²) >= 11 is 2.02. The number of hydrazine groups is 1. The number of hydrogen-bond donors (Lipinski definition) is 4. The predicted octanol–water partition coefficient (Wildman–Crippen LogP) is -0.433. The van der Waals surface area contributed by atoms with E-state index in [-0.39, 0.29) is 31.2 Å². The van der Waals surface area contributed by atoms with Gasteiger partial charge in [0.25, 0.3) is 11.8 Å². The second-order valence-electron chi connectivity index (χ2n) is 10.9. The van der Waals surface area contributed by atoms with Crippen LogP contribution >= 0.6 is 11.8 Å². The highest BCUT2D eigenvalue weighted by Crippen LogP contribution is 2.38. The van der Waals surface area contributed by atoms with Gasteiger partial charge in [0, 0.05) is 19.5 Å². The highest BCUT2D eigenvalue weighted by atomic mass is 32.2. The Morgan fingerprint density at radius 2 is 1.53 bits per heavy atom. The lowest BCUT2D eigenvalue weighted by Gasteiger charge is -2.39. The molecule has 0 aromatic rings. The van der Waals surface area contributed by atoms with E-state index >= 15 is 0 Å². The Bertz CT molecular complexity index is 995. The van der Waals surface area contributed by atoms with E-state index in [2.05, 4.69) is 21.3 Å². The van der Waals surface area contributed by atoms with E-state index in [4.69, 9.17) is 0 Å². The second-order valence-corrected chi connectivity index (χ2v) is 12.2. The van der Waals surface area contributed by atoms with E-state index < -0.39 is 35.2 Å². The zero-order chi connectivity index (χ0) is 25.1. The van der Waals surface area contributed by atoms with Crippen LogP contribution in [-0.2, 0) is 14.4 Å². The van der Waals surface area contributed by atoms with Gasteiger partial charge < -0.3 is 16.0 Å². The first-order chi connectivity index (χ1) is 17.3. The number of fused-ring (bicyclic) bond motifs is 1. The van der Waals surface area contributed by atoms with E-state index in [1.54, 1.807) is 0 Å². The van der Waals surface area contributed by atoms with E-state index in [0.29, 0.717) is 37.9 Å². The van der Waals surface area contributed by atoms with Crippen LogP contribution in [0.25, 0.3) is 0 Å². The zero-order valence-corrected chi connectivity index (χ0v) is 21.0. The lowest BCUT2D eigenvalue weighted by atomic mass is 9.84. The van der Waals surface area contributed by atoms with E-state index in [1.807, 2.05) is 16.8 Å². The molecule has 6 aliphatic rings. The minimum Gasteiger partial charge on any atom is -0.353 e. The van der Waals surface area contributed by atoms with Crippen LogP contribution in [0.2, 0.25) is 0 Å². The number of amides is 7. The fourth-order valence-electron chi connectivity index (χ4n) is 6.87. The lowest BCUT2D eigenvalue weighted by Crippen LogP contribution is -2.63. The molecule has 0 bridgehead atoms. The van der Waals surface area contributed by atoms with Gasteiger partial charge in [-0.1, -0.05) is 0 Å². The number of nitrogens with one attached hydrogen (secondary N) is 4. The molecule has 0 saturated carbocycles. The zero-order valence-electron chi connectivity index (χ0n) is 20.2. The third-order valence-corrected chi connectivity index (χ3v) is 9.95. The Balaban J connectivity index is 1.18.